The van der Waals surface area contributed by atoms with Gasteiger partial charge < -0.3 is 11.1 Å². The number of thiophene rings is 1. The Morgan fingerprint density at radius 3 is 3.33 bits per heavy atom. The van der Waals surface area contributed by atoms with E-state index in [0.29, 0.717) is 0 Å². The first-order valence-corrected chi connectivity index (χ1v) is 5.44. The summed E-state index contributed by atoms with van der Waals surface area (Å²) in [5.41, 5.74) is 7.84. The number of aliphatic imine (C=N–C) groups is 1. The second kappa shape index (κ2) is 2.79. The molecular weight excluding hydrogens is 170 g/mol. The average Bonchev–Trinajstić information content (AvgIpc) is 2.44. The maximum absolute atomic E-state index is 5.84. The molecule has 12 heavy (non-hydrogen) atoms. The van der Waals surface area contributed by atoms with Crippen molar-refractivity contribution in [2.24, 2.45) is 4.99 Å². The molecule has 0 bridgehead atoms. The number of nitrogen functional groups attached to an aromatic ring is 1. The van der Waals surface area contributed by atoms with Crippen LogP contribution in [0, 0.1) is 0 Å². The zero-order valence-corrected chi connectivity index (χ0v) is 7.82. The number of nitrogens with zero attached hydrogens (tertiary/aromatic N) is 1. The lowest BCUT2D eigenvalue weighted by Gasteiger charge is -2.03. The molecule has 0 aromatic carbocycles. The monoisotopic (exact) mass is 182 g/mol. The molecule has 1 unspecified atom stereocenters. The number of nitrogens with two attached hydrogens (primary N) is 1. The summed E-state index contributed by atoms with van der Waals surface area (Å²) in [5, 5.41) is 5.24. The van der Waals surface area contributed by atoms with Crippen LogP contribution in [0.1, 0.15) is 11.8 Å². The van der Waals surface area contributed by atoms with Crippen molar-refractivity contribution in [3.05, 3.63) is 10.3 Å². The molecule has 0 amide bonds. The number of nitrogens with one attached hydrogen (secondary N) is 1. The Labute approximate surface area is 74.3 Å². The van der Waals surface area contributed by atoms with Crippen LogP contribution < -0.4 is 11.1 Å². The van der Waals surface area contributed by atoms with E-state index in [-0.39, 0.29) is 10.5 Å². The van der Waals surface area contributed by atoms with Gasteiger partial charge in [-0.2, -0.15) is 0 Å². The Kier molecular flexibility index (Phi) is 1.77. The van der Waals surface area contributed by atoms with Crippen molar-refractivity contribution in [2.75, 3.05) is 11.1 Å². The standard InChI is InChI=1S/C8H12N3S/c1-2-12-4-6(9)8-7(12)3-10-5-11-8/h4-5H,2-3,9H2,1H3,(H,10,11)/q+1. The van der Waals surface area contributed by atoms with Gasteiger partial charge in [-0.15, -0.1) is 0 Å². The van der Waals surface area contributed by atoms with Crippen LogP contribution >= 0.6 is 10.5 Å². The minimum Gasteiger partial charge on any atom is -0.393 e. The van der Waals surface area contributed by atoms with Crippen LogP contribution in [-0.4, -0.2) is 6.34 Å². The fourth-order valence-corrected chi connectivity index (χ4v) is 3.16. The Hall–Kier alpha value is -1.03. The maximum Gasteiger partial charge on any atom is 0.197 e. The minimum absolute atomic E-state index is 0.235. The summed E-state index contributed by atoms with van der Waals surface area (Å²) in [5.74, 6) is 1.14. The predicted molar refractivity (Wildman–Crippen MR) is 54.8 cm³/mol. The van der Waals surface area contributed by atoms with Gasteiger partial charge >= 0.3 is 0 Å². The Balaban J connectivity index is 2.51. The lowest BCUT2D eigenvalue weighted by Crippen LogP contribution is -2.04. The van der Waals surface area contributed by atoms with Gasteiger partial charge in [0.2, 0.25) is 0 Å². The predicted octanol–water partition coefficient (Wildman–Crippen LogP) is 1.99. The molecule has 1 atom stereocenters. The van der Waals surface area contributed by atoms with Crippen molar-refractivity contribution < 1.29 is 0 Å². The smallest absolute Gasteiger partial charge is 0.197 e. The molecule has 0 saturated heterocycles. The van der Waals surface area contributed by atoms with Crippen LogP contribution in [0.4, 0.5) is 11.4 Å². The van der Waals surface area contributed by atoms with E-state index >= 15 is 0 Å². The molecule has 0 saturated carbocycles. The number of fused-ring (bicyclic) bond motifs is 1. The highest BCUT2D eigenvalue weighted by molar-refractivity contribution is 7.30. The van der Waals surface area contributed by atoms with E-state index in [4.69, 9.17) is 5.73 Å². The molecule has 4 heteroatoms. The molecule has 2 heterocycles. The second-order valence-electron chi connectivity index (χ2n) is 2.70. The molecule has 64 valence electrons. The SMILES string of the molecule is CC[s+]1cc(N)c2c1CN=CN2. The van der Waals surface area contributed by atoms with Crippen molar-refractivity contribution in [1.82, 2.24) is 0 Å². The van der Waals surface area contributed by atoms with Crippen molar-refractivity contribution in [2.45, 2.75) is 19.2 Å². The molecule has 1 aliphatic rings. The summed E-state index contributed by atoms with van der Waals surface area (Å²) < 4.78 is 0. The first-order valence-electron chi connectivity index (χ1n) is 3.98. The zero-order valence-electron chi connectivity index (χ0n) is 7.00. The fraction of sp³-hybridized carbons (Fsp3) is 0.375. The van der Waals surface area contributed by atoms with Gasteiger partial charge in [0.15, 0.2) is 10.3 Å². The van der Waals surface area contributed by atoms with Crippen molar-refractivity contribution in [3.8, 4) is 0 Å². The molecule has 1 aromatic rings. The molecule has 0 fully saturated rings. The highest BCUT2D eigenvalue weighted by Crippen LogP contribution is 2.40. The molecule has 2 rings (SSSR count). The summed E-state index contributed by atoms with van der Waals surface area (Å²) in [6.45, 7) is 3.00. The van der Waals surface area contributed by atoms with E-state index in [0.717, 1.165) is 23.7 Å². The summed E-state index contributed by atoms with van der Waals surface area (Å²) in [4.78, 5) is 5.55. The van der Waals surface area contributed by atoms with Crippen molar-refractivity contribution in [3.63, 3.8) is 0 Å². The molecule has 0 aliphatic carbocycles. The fourth-order valence-electron chi connectivity index (χ4n) is 1.40. The van der Waals surface area contributed by atoms with Crippen LogP contribution in [0.2, 0.25) is 0 Å². The molecule has 3 nitrogen and oxygen atoms in total. The third-order valence-electron chi connectivity index (χ3n) is 2.00. The minimum atomic E-state index is 0.235. The van der Waals surface area contributed by atoms with E-state index in [1.54, 1.807) is 6.34 Å². The lowest BCUT2D eigenvalue weighted by atomic mass is 10.3. The highest BCUT2D eigenvalue weighted by atomic mass is 32.2. The molecule has 1 aromatic heterocycles. The third-order valence-corrected chi connectivity index (χ3v) is 4.13. The highest BCUT2D eigenvalue weighted by Gasteiger charge is 2.23. The van der Waals surface area contributed by atoms with E-state index in [1.165, 1.54) is 4.88 Å². The van der Waals surface area contributed by atoms with E-state index in [9.17, 15) is 0 Å². The number of aryl methyl sites for hydroxylation is 1. The Bertz CT molecular complexity index is 327. The number of hydrogen-bond donors (Lipinski definition) is 2. The van der Waals surface area contributed by atoms with Gasteiger partial charge in [0.05, 0.1) is 6.34 Å². The Morgan fingerprint density at radius 2 is 2.58 bits per heavy atom. The number of anilines is 2. The van der Waals surface area contributed by atoms with Crippen LogP contribution in [0.5, 0.6) is 0 Å². The first kappa shape index (κ1) is 7.61. The average molecular weight is 182 g/mol. The molecule has 1 aliphatic heterocycles. The molecule has 3 N–H and O–H groups in total. The van der Waals surface area contributed by atoms with Crippen LogP contribution in [0.3, 0.4) is 0 Å². The maximum atomic E-state index is 5.84. The van der Waals surface area contributed by atoms with E-state index in [1.807, 2.05) is 0 Å². The van der Waals surface area contributed by atoms with Crippen LogP contribution in [0.15, 0.2) is 10.4 Å². The van der Waals surface area contributed by atoms with E-state index in [2.05, 4.69) is 22.6 Å². The Morgan fingerprint density at radius 1 is 1.75 bits per heavy atom. The summed E-state index contributed by atoms with van der Waals surface area (Å²) >= 11 is 0. The first-order chi connectivity index (χ1) is 5.83. The van der Waals surface area contributed by atoms with Crippen LogP contribution in [0.25, 0.3) is 0 Å². The third kappa shape index (κ3) is 0.992. The number of hydrogen-bond acceptors (Lipinski definition) is 3. The van der Waals surface area contributed by atoms with Crippen LogP contribution in [-0.2, 0) is 12.3 Å². The zero-order chi connectivity index (χ0) is 8.55. The molecule has 0 spiro atoms. The lowest BCUT2D eigenvalue weighted by molar-refractivity contribution is 1.09. The van der Waals surface area contributed by atoms with Gasteiger partial charge in [-0.3, -0.25) is 4.99 Å². The summed E-state index contributed by atoms with van der Waals surface area (Å²) in [6.07, 6.45) is 1.72. The van der Waals surface area contributed by atoms with Gasteiger partial charge in [0.1, 0.15) is 23.7 Å². The van der Waals surface area contributed by atoms with Gasteiger partial charge in [-0.25, -0.2) is 0 Å². The second-order valence-corrected chi connectivity index (χ2v) is 4.87. The number of rotatable bonds is 1. The summed E-state index contributed by atoms with van der Waals surface area (Å²) in [7, 11) is 0.235. The normalized spacial score (nSPS) is 15.6. The van der Waals surface area contributed by atoms with E-state index < -0.39 is 0 Å². The van der Waals surface area contributed by atoms with Crippen molar-refractivity contribution in [1.29, 1.82) is 0 Å². The van der Waals surface area contributed by atoms with Gasteiger partial charge in [0.25, 0.3) is 0 Å². The largest absolute Gasteiger partial charge is 0.393 e. The quantitative estimate of drug-likeness (QED) is 0.652. The topological polar surface area (TPSA) is 50.4 Å². The molecule has 0 radical (unpaired) electrons. The van der Waals surface area contributed by atoms with Gasteiger partial charge in [0, 0.05) is 0 Å². The summed E-state index contributed by atoms with van der Waals surface area (Å²) in [6, 6.07) is 0. The molecular formula is C8H12N3S+. The van der Waals surface area contributed by atoms with Gasteiger partial charge in [-0.05, 0) is 17.4 Å². The van der Waals surface area contributed by atoms with Gasteiger partial charge in [-0.1, -0.05) is 0 Å². The van der Waals surface area contributed by atoms with Crippen molar-refractivity contribution >= 4 is 28.2 Å².